The van der Waals surface area contributed by atoms with E-state index in [0.717, 1.165) is 15.7 Å². The quantitative estimate of drug-likeness (QED) is 0.689. The molecule has 1 atom stereocenters. The Morgan fingerprint density at radius 2 is 2.08 bits per heavy atom. The van der Waals surface area contributed by atoms with E-state index in [4.69, 9.17) is 9.47 Å². The number of nitrogens with zero attached hydrogens (tertiary/aromatic N) is 3. The van der Waals surface area contributed by atoms with Crippen LogP contribution in [-0.4, -0.2) is 40.0 Å². The zero-order chi connectivity index (χ0) is 16.5. The van der Waals surface area contributed by atoms with Gasteiger partial charge < -0.3 is 9.47 Å². The Labute approximate surface area is 146 Å². The van der Waals surface area contributed by atoms with Gasteiger partial charge in [-0.15, -0.1) is 0 Å². The lowest BCUT2D eigenvalue weighted by atomic mass is 10.3. The van der Waals surface area contributed by atoms with E-state index in [2.05, 4.69) is 20.9 Å². The highest BCUT2D eigenvalue weighted by Crippen LogP contribution is 2.20. The maximum Gasteiger partial charge on any atom is 0.335 e. The summed E-state index contributed by atoms with van der Waals surface area (Å²) in [6.45, 7) is 2.09. The largest absolute Gasteiger partial charge is 0.376 e. The Kier molecular flexibility index (Phi) is 4.22. The molecule has 0 spiro atoms. The standard InChI is InChI=1S/C17H16BrN3O3/c18-12-8-15-16(19-9-12)21(13-4-2-1-3-5-13)17(22)20(15)10-14-11-23-6-7-24-14/h1-5,8-9,14H,6-7,10-11H2/t14-/m0/s1. The maximum atomic E-state index is 13.0. The smallest absolute Gasteiger partial charge is 0.335 e. The van der Waals surface area contributed by atoms with Gasteiger partial charge >= 0.3 is 5.69 Å². The van der Waals surface area contributed by atoms with Crippen LogP contribution < -0.4 is 5.69 Å². The van der Waals surface area contributed by atoms with E-state index < -0.39 is 0 Å². The molecule has 1 aliphatic rings. The van der Waals surface area contributed by atoms with Gasteiger partial charge in [0.15, 0.2) is 5.65 Å². The Balaban J connectivity index is 1.88. The molecule has 7 heteroatoms. The average molecular weight is 390 g/mol. The Bertz CT molecular complexity index is 914. The highest BCUT2D eigenvalue weighted by atomic mass is 79.9. The van der Waals surface area contributed by atoms with Crippen LogP contribution in [-0.2, 0) is 16.0 Å². The lowest BCUT2D eigenvalue weighted by Crippen LogP contribution is -2.35. The summed E-state index contributed by atoms with van der Waals surface area (Å²) in [4.78, 5) is 17.5. The summed E-state index contributed by atoms with van der Waals surface area (Å²) < 4.78 is 15.3. The number of pyridine rings is 1. The van der Waals surface area contributed by atoms with Crippen LogP contribution in [0.4, 0.5) is 0 Å². The van der Waals surface area contributed by atoms with Gasteiger partial charge in [-0.1, -0.05) is 18.2 Å². The predicted octanol–water partition coefficient (Wildman–Crippen LogP) is 2.37. The number of benzene rings is 1. The van der Waals surface area contributed by atoms with E-state index in [1.54, 1.807) is 15.3 Å². The van der Waals surface area contributed by atoms with Crippen molar-refractivity contribution in [2.45, 2.75) is 12.6 Å². The normalized spacial score (nSPS) is 18.1. The molecule has 1 saturated heterocycles. The van der Waals surface area contributed by atoms with Gasteiger partial charge in [-0.05, 0) is 34.1 Å². The van der Waals surface area contributed by atoms with Crippen molar-refractivity contribution in [2.24, 2.45) is 0 Å². The van der Waals surface area contributed by atoms with Crippen LogP contribution in [0, 0.1) is 0 Å². The summed E-state index contributed by atoms with van der Waals surface area (Å²) >= 11 is 3.44. The molecule has 3 aromatic rings. The first-order valence-corrected chi connectivity index (χ1v) is 8.55. The van der Waals surface area contributed by atoms with Gasteiger partial charge in [0.25, 0.3) is 0 Å². The minimum atomic E-state index is -0.134. The van der Waals surface area contributed by atoms with Crippen LogP contribution in [0.2, 0.25) is 0 Å². The van der Waals surface area contributed by atoms with Crippen LogP contribution in [0.5, 0.6) is 0 Å². The number of para-hydroxylation sites is 1. The van der Waals surface area contributed by atoms with Gasteiger partial charge in [0.2, 0.25) is 0 Å². The second kappa shape index (κ2) is 6.51. The lowest BCUT2D eigenvalue weighted by Gasteiger charge is -2.23. The van der Waals surface area contributed by atoms with Gasteiger partial charge in [0.1, 0.15) is 0 Å². The fourth-order valence-electron chi connectivity index (χ4n) is 2.94. The van der Waals surface area contributed by atoms with Crippen molar-refractivity contribution >= 4 is 27.1 Å². The third kappa shape index (κ3) is 2.79. The van der Waals surface area contributed by atoms with E-state index >= 15 is 0 Å². The van der Waals surface area contributed by atoms with Crippen LogP contribution in [0.1, 0.15) is 0 Å². The van der Waals surface area contributed by atoms with Crippen molar-refractivity contribution in [3.63, 3.8) is 0 Å². The van der Waals surface area contributed by atoms with E-state index in [1.807, 2.05) is 36.4 Å². The summed E-state index contributed by atoms with van der Waals surface area (Å²) in [6.07, 6.45) is 1.57. The molecule has 4 rings (SSSR count). The van der Waals surface area contributed by atoms with E-state index in [9.17, 15) is 4.79 Å². The fourth-order valence-corrected chi connectivity index (χ4v) is 3.26. The fraction of sp³-hybridized carbons (Fsp3) is 0.294. The first-order valence-electron chi connectivity index (χ1n) is 7.75. The van der Waals surface area contributed by atoms with Crippen molar-refractivity contribution in [3.8, 4) is 5.69 Å². The monoisotopic (exact) mass is 389 g/mol. The summed E-state index contributed by atoms with van der Waals surface area (Å²) in [5.41, 5.74) is 2.07. The van der Waals surface area contributed by atoms with Gasteiger partial charge in [-0.3, -0.25) is 4.57 Å². The number of rotatable bonds is 3. The molecule has 1 aliphatic heterocycles. The molecule has 0 radical (unpaired) electrons. The molecular formula is C17H16BrN3O3. The van der Waals surface area contributed by atoms with Gasteiger partial charge in [-0.25, -0.2) is 14.3 Å². The Morgan fingerprint density at radius 1 is 1.25 bits per heavy atom. The lowest BCUT2D eigenvalue weighted by molar-refractivity contribution is -0.0935. The molecule has 0 amide bonds. The molecule has 1 fully saturated rings. The number of hydrogen-bond donors (Lipinski definition) is 0. The zero-order valence-corrected chi connectivity index (χ0v) is 14.5. The van der Waals surface area contributed by atoms with Crippen molar-refractivity contribution in [3.05, 3.63) is 57.6 Å². The first kappa shape index (κ1) is 15.6. The average Bonchev–Trinajstić information content (AvgIpc) is 2.88. The minimum absolute atomic E-state index is 0.129. The van der Waals surface area contributed by atoms with Crippen molar-refractivity contribution in [1.29, 1.82) is 0 Å². The van der Waals surface area contributed by atoms with Crippen LogP contribution >= 0.6 is 15.9 Å². The number of halogens is 1. The number of fused-ring (bicyclic) bond motifs is 1. The Hall–Kier alpha value is -1.96. The molecule has 24 heavy (non-hydrogen) atoms. The van der Waals surface area contributed by atoms with Crippen molar-refractivity contribution in [1.82, 2.24) is 14.1 Å². The second-order valence-electron chi connectivity index (χ2n) is 5.63. The van der Waals surface area contributed by atoms with E-state index in [1.165, 1.54) is 0 Å². The molecular weight excluding hydrogens is 374 g/mol. The summed E-state index contributed by atoms with van der Waals surface area (Å²) in [7, 11) is 0. The molecule has 2 aromatic heterocycles. The molecule has 6 nitrogen and oxygen atoms in total. The first-order chi connectivity index (χ1) is 11.7. The third-order valence-electron chi connectivity index (χ3n) is 4.02. The van der Waals surface area contributed by atoms with Crippen LogP contribution in [0.25, 0.3) is 16.9 Å². The van der Waals surface area contributed by atoms with Crippen LogP contribution in [0.3, 0.4) is 0 Å². The summed E-state index contributed by atoms with van der Waals surface area (Å²) in [5, 5.41) is 0. The predicted molar refractivity (Wildman–Crippen MR) is 93.6 cm³/mol. The highest BCUT2D eigenvalue weighted by molar-refractivity contribution is 9.10. The highest BCUT2D eigenvalue weighted by Gasteiger charge is 2.21. The van der Waals surface area contributed by atoms with Gasteiger partial charge in [0.05, 0.1) is 43.7 Å². The van der Waals surface area contributed by atoms with Gasteiger partial charge in [0, 0.05) is 10.7 Å². The molecule has 1 aromatic carbocycles. The van der Waals surface area contributed by atoms with Crippen LogP contribution in [0.15, 0.2) is 51.9 Å². The molecule has 0 N–H and O–H groups in total. The maximum absolute atomic E-state index is 13.0. The number of ether oxygens (including phenoxy) is 2. The molecule has 0 aliphatic carbocycles. The topological polar surface area (TPSA) is 58.3 Å². The zero-order valence-electron chi connectivity index (χ0n) is 12.9. The second-order valence-corrected chi connectivity index (χ2v) is 6.54. The summed E-state index contributed by atoms with van der Waals surface area (Å²) in [5.74, 6) is 0. The third-order valence-corrected chi connectivity index (χ3v) is 4.46. The molecule has 0 bridgehead atoms. The van der Waals surface area contributed by atoms with E-state index in [0.29, 0.717) is 32.0 Å². The van der Waals surface area contributed by atoms with Crippen molar-refractivity contribution < 1.29 is 9.47 Å². The molecule has 0 unspecified atom stereocenters. The van der Waals surface area contributed by atoms with Crippen molar-refractivity contribution in [2.75, 3.05) is 19.8 Å². The number of imidazole rings is 1. The SMILES string of the molecule is O=c1n(C[C@H]2COCCO2)c2cc(Br)cnc2n1-c1ccccc1. The molecule has 3 heterocycles. The Morgan fingerprint density at radius 3 is 2.83 bits per heavy atom. The minimum Gasteiger partial charge on any atom is -0.376 e. The molecule has 124 valence electrons. The van der Waals surface area contributed by atoms with Gasteiger partial charge in [-0.2, -0.15) is 0 Å². The summed E-state index contributed by atoms with van der Waals surface area (Å²) in [6, 6.07) is 11.4. The number of aromatic nitrogens is 3. The van der Waals surface area contributed by atoms with E-state index in [-0.39, 0.29) is 11.8 Å². The molecule has 0 saturated carbocycles. The number of hydrogen-bond acceptors (Lipinski definition) is 4.